The van der Waals surface area contributed by atoms with Crippen LogP contribution < -0.4 is 10.1 Å². The third kappa shape index (κ3) is 2.90. The van der Waals surface area contributed by atoms with Crippen molar-refractivity contribution in [2.75, 3.05) is 12.4 Å². The van der Waals surface area contributed by atoms with Gasteiger partial charge >= 0.3 is 0 Å². The van der Waals surface area contributed by atoms with Crippen LogP contribution in [0, 0.1) is 11.6 Å². The molecule has 2 rings (SSSR count). The molecule has 0 bridgehead atoms. The van der Waals surface area contributed by atoms with Crippen LogP contribution in [0.3, 0.4) is 0 Å². The minimum Gasteiger partial charge on any atom is -0.457 e. The summed E-state index contributed by atoms with van der Waals surface area (Å²) in [5, 5.41) is 2.84. The summed E-state index contributed by atoms with van der Waals surface area (Å²) in [5.74, 6) is -0.185. The Labute approximate surface area is 97.1 Å². The quantitative estimate of drug-likeness (QED) is 0.888. The van der Waals surface area contributed by atoms with Gasteiger partial charge in [-0.3, -0.25) is 0 Å². The molecule has 3 nitrogen and oxygen atoms in total. The average molecular weight is 236 g/mol. The van der Waals surface area contributed by atoms with Crippen molar-refractivity contribution in [3.63, 3.8) is 0 Å². The second-order valence-corrected chi connectivity index (χ2v) is 3.33. The second-order valence-electron chi connectivity index (χ2n) is 3.33. The number of nitrogens with one attached hydrogen (secondary N) is 1. The summed E-state index contributed by atoms with van der Waals surface area (Å²) in [6.45, 7) is 0. The fourth-order valence-electron chi connectivity index (χ4n) is 1.33. The van der Waals surface area contributed by atoms with Crippen LogP contribution in [0.4, 0.5) is 14.6 Å². The number of ether oxygens (including phenoxy) is 1. The smallest absolute Gasteiger partial charge is 0.133 e. The van der Waals surface area contributed by atoms with Gasteiger partial charge in [0.2, 0.25) is 0 Å². The van der Waals surface area contributed by atoms with Crippen LogP contribution >= 0.6 is 0 Å². The Morgan fingerprint density at radius 2 is 1.76 bits per heavy atom. The summed E-state index contributed by atoms with van der Waals surface area (Å²) in [6, 6.07) is 6.25. The maximum Gasteiger partial charge on any atom is 0.133 e. The molecule has 17 heavy (non-hydrogen) atoms. The average Bonchev–Trinajstić information content (AvgIpc) is 2.28. The molecule has 5 heteroatoms. The highest BCUT2D eigenvalue weighted by Gasteiger charge is 2.03. The summed E-state index contributed by atoms with van der Waals surface area (Å²) in [6.07, 6.45) is 1.54. The molecular weight excluding hydrogens is 226 g/mol. The normalized spacial score (nSPS) is 10.1. The molecule has 0 atom stereocenters. The molecule has 0 aliphatic heterocycles. The maximum atomic E-state index is 12.9. The van der Waals surface area contributed by atoms with Crippen LogP contribution in [0.2, 0.25) is 0 Å². The molecule has 0 spiro atoms. The first-order valence-corrected chi connectivity index (χ1v) is 4.95. The predicted molar refractivity (Wildman–Crippen MR) is 60.2 cm³/mol. The second kappa shape index (κ2) is 4.78. The Kier molecular flexibility index (Phi) is 3.18. The van der Waals surface area contributed by atoms with Gasteiger partial charge in [0, 0.05) is 37.5 Å². The van der Waals surface area contributed by atoms with Gasteiger partial charge < -0.3 is 10.1 Å². The van der Waals surface area contributed by atoms with Gasteiger partial charge in [-0.1, -0.05) is 0 Å². The van der Waals surface area contributed by atoms with Gasteiger partial charge in [-0.05, 0) is 6.07 Å². The van der Waals surface area contributed by atoms with Crippen molar-refractivity contribution >= 4 is 5.82 Å². The fourth-order valence-corrected chi connectivity index (χ4v) is 1.33. The van der Waals surface area contributed by atoms with Crippen molar-refractivity contribution in [2.45, 2.75) is 0 Å². The Hall–Kier alpha value is -2.17. The number of hydrogen-bond acceptors (Lipinski definition) is 3. The van der Waals surface area contributed by atoms with Gasteiger partial charge in [0.15, 0.2) is 0 Å². The van der Waals surface area contributed by atoms with Gasteiger partial charge in [0.1, 0.15) is 29.0 Å². The topological polar surface area (TPSA) is 34.1 Å². The number of anilines is 1. The number of pyridine rings is 1. The van der Waals surface area contributed by atoms with E-state index in [0.29, 0.717) is 11.6 Å². The lowest BCUT2D eigenvalue weighted by Gasteiger charge is -2.07. The van der Waals surface area contributed by atoms with Crippen molar-refractivity contribution in [3.05, 3.63) is 48.2 Å². The van der Waals surface area contributed by atoms with Crippen molar-refractivity contribution < 1.29 is 13.5 Å². The Bertz CT molecular complexity index is 511. The molecule has 1 heterocycles. The Morgan fingerprint density at radius 3 is 2.41 bits per heavy atom. The predicted octanol–water partition coefficient (Wildman–Crippen LogP) is 3.19. The molecule has 0 amide bonds. The first-order chi connectivity index (χ1) is 8.17. The van der Waals surface area contributed by atoms with Gasteiger partial charge in [-0.15, -0.1) is 0 Å². The zero-order valence-electron chi connectivity index (χ0n) is 9.08. The van der Waals surface area contributed by atoms with Crippen molar-refractivity contribution in [2.24, 2.45) is 0 Å². The van der Waals surface area contributed by atoms with E-state index in [0.717, 1.165) is 18.2 Å². The van der Waals surface area contributed by atoms with E-state index in [1.54, 1.807) is 19.2 Å². The third-order valence-electron chi connectivity index (χ3n) is 2.06. The number of nitrogens with zero attached hydrogens (tertiary/aromatic N) is 1. The third-order valence-corrected chi connectivity index (χ3v) is 2.06. The van der Waals surface area contributed by atoms with Crippen molar-refractivity contribution in [3.8, 4) is 11.5 Å². The first-order valence-electron chi connectivity index (χ1n) is 4.95. The van der Waals surface area contributed by atoms with E-state index in [4.69, 9.17) is 4.74 Å². The Morgan fingerprint density at radius 1 is 1.06 bits per heavy atom. The molecular formula is C12H10F2N2O. The number of benzene rings is 1. The number of hydrogen-bond donors (Lipinski definition) is 1. The summed E-state index contributed by atoms with van der Waals surface area (Å²) in [5.41, 5.74) is 0. The highest BCUT2D eigenvalue weighted by molar-refractivity contribution is 5.41. The molecule has 1 aromatic carbocycles. The fraction of sp³-hybridized carbons (Fsp3) is 0.0833. The number of halogens is 2. The van der Waals surface area contributed by atoms with Crippen LogP contribution in [0.1, 0.15) is 0 Å². The SMILES string of the molecule is CNc1cc(Oc2cc(F)cc(F)c2)ccn1. The lowest BCUT2D eigenvalue weighted by atomic mass is 10.3. The van der Waals surface area contributed by atoms with Crippen LogP contribution in [0.5, 0.6) is 11.5 Å². The summed E-state index contributed by atoms with van der Waals surface area (Å²) in [7, 11) is 1.72. The van der Waals surface area contributed by atoms with E-state index in [2.05, 4.69) is 10.3 Å². The number of aromatic nitrogens is 1. The highest BCUT2D eigenvalue weighted by atomic mass is 19.1. The number of rotatable bonds is 3. The Balaban J connectivity index is 2.24. The lowest BCUT2D eigenvalue weighted by Crippen LogP contribution is -1.93. The monoisotopic (exact) mass is 236 g/mol. The van der Waals surface area contributed by atoms with Gasteiger partial charge in [-0.2, -0.15) is 0 Å². The maximum absolute atomic E-state index is 12.9. The molecule has 1 aromatic heterocycles. The van der Waals surface area contributed by atoms with E-state index in [1.165, 1.54) is 6.20 Å². The summed E-state index contributed by atoms with van der Waals surface area (Å²) < 4.78 is 31.2. The van der Waals surface area contributed by atoms with Crippen molar-refractivity contribution in [1.29, 1.82) is 0 Å². The molecule has 2 aromatic rings. The zero-order valence-corrected chi connectivity index (χ0v) is 9.08. The molecule has 0 aliphatic rings. The molecule has 0 unspecified atom stereocenters. The van der Waals surface area contributed by atoms with E-state index in [-0.39, 0.29) is 5.75 Å². The molecule has 0 aliphatic carbocycles. The largest absolute Gasteiger partial charge is 0.457 e. The van der Waals surface area contributed by atoms with Crippen LogP contribution in [-0.2, 0) is 0 Å². The standard InChI is InChI=1S/C12H10F2N2O/c1-15-12-7-10(2-3-16-12)17-11-5-8(13)4-9(14)6-11/h2-7H,1H3,(H,15,16). The zero-order chi connectivity index (χ0) is 12.3. The first kappa shape index (κ1) is 11.3. The molecule has 0 saturated carbocycles. The lowest BCUT2D eigenvalue weighted by molar-refractivity contribution is 0.468. The minimum absolute atomic E-state index is 0.107. The van der Waals surface area contributed by atoms with E-state index < -0.39 is 11.6 Å². The van der Waals surface area contributed by atoms with Gasteiger partial charge in [0.25, 0.3) is 0 Å². The van der Waals surface area contributed by atoms with Crippen LogP contribution in [-0.4, -0.2) is 12.0 Å². The molecule has 0 fully saturated rings. The summed E-state index contributed by atoms with van der Waals surface area (Å²) in [4.78, 5) is 4.00. The van der Waals surface area contributed by atoms with E-state index in [1.807, 2.05) is 0 Å². The molecule has 0 saturated heterocycles. The van der Waals surface area contributed by atoms with Crippen molar-refractivity contribution in [1.82, 2.24) is 4.98 Å². The minimum atomic E-state index is -0.678. The van der Waals surface area contributed by atoms with E-state index >= 15 is 0 Å². The molecule has 88 valence electrons. The van der Waals surface area contributed by atoms with Crippen LogP contribution in [0.25, 0.3) is 0 Å². The van der Waals surface area contributed by atoms with Crippen LogP contribution in [0.15, 0.2) is 36.5 Å². The summed E-state index contributed by atoms with van der Waals surface area (Å²) >= 11 is 0. The van der Waals surface area contributed by atoms with Gasteiger partial charge in [-0.25, -0.2) is 13.8 Å². The highest BCUT2D eigenvalue weighted by Crippen LogP contribution is 2.24. The van der Waals surface area contributed by atoms with E-state index in [9.17, 15) is 8.78 Å². The molecule has 1 N–H and O–H groups in total. The molecule has 0 radical (unpaired) electrons. The van der Waals surface area contributed by atoms with Gasteiger partial charge in [0.05, 0.1) is 0 Å².